The number of amides is 2. The van der Waals surface area contributed by atoms with Crippen molar-refractivity contribution in [2.45, 2.75) is 31.2 Å². The predicted molar refractivity (Wildman–Crippen MR) is 92.4 cm³/mol. The number of hydrogen-bond donors (Lipinski definition) is 4. The van der Waals surface area contributed by atoms with Gasteiger partial charge in [-0.25, -0.2) is 4.79 Å². The van der Waals surface area contributed by atoms with E-state index in [1.807, 2.05) is 30.3 Å². The first-order valence-corrected chi connectivity index (χ1v) is 8.84. The molecule has 1 aliphatic heterocycles. The molecule has 134 valence electrons. The van der Waals surface area contributed by atoms with Crippen molar-refractivity contribution >= 4 is 22.5 Å². The van der Waals surface area contributed by atoms with E-state index >= 15 is 0 Å². The Morgan fingerprint density at radius 3 is 2.84 bits per heavy atom. The summed E-state index contributed by atoms with van der Waals surface area (Å²) in [7, 11) is 0. The van der Waals surface area contributed by atoms with Gasteiger partial charge < -0.3 is 20.3 Å². The number of benzene rings is 1. The number of ether oxygens (including phenoxy) is 1. The van der Waals surface area contributed by atoms with Crippen LogP contribution >= 0.6 is 11.3 Å². The summed E-state index contributed by atoms with van der Waals surface area (Å²) in [6, 6.07) is 9.54. The van der Waals surface area contributed by atoms with Crippen LogP contribution < -0.4 is 10.6 Å². The van der Waals surface area contributed by atoms with E-state index in [1.165, 1.54) is 11.3 Å². The number of aliphatic hydroxyl groups is 2. The normalized spacial score (nSPS) is 22.7. The van der Waals surface area contributed by atoms with E-state index in [0.29, 0.717) is 23.1 Å². The molecular formula is C16H20N4O4S. The molecule has 1 aromatic carbocycles. The summed E-state index contributed by atoms with van der Waals surface area (Å²) in [5.41, 5.74) is 1.15. The third-order valence-corrected chi connectivity index (χ3v) is 4.81. The molecule has 0 radical (unpaired) electrons. The summed E-state index contributed by atoms with van der Waals surface area (Å²) < 4.78 is 5.52. The predicted octanol–water partition coefficient (Wildman–Crippen LogP) is 1.09. The Morgan fingerprint density at radius 1 is 1.32 bits per heavy atom. The van der Waals surface area contributed by atoms with Crippen molar-refractivity contribution in [2.75, 3.05) is 18.5 Å². The Morgan fingerprint density at radius 2 is 2.12 bits per heavy atom. The molecular weight excluding hydrogens is 344 g/mol. The summed E-state index contributed by atoms with van der Waals surface area (Å²) in [6.45, 7) is 0.267. The Bertz CT molecular complexity index is 696. The summed E-state index contributed by atoms with van der Waals surface area (Å²) >= 11 is 1.19. The van der Waals surface area contributed by atoms with Gasteiger partial charge in [-0.15, -0.1) is 10.2 Å². The van der Waals surface area contributed by atoms with Crippen LogP contribution in [0.4, 0.5) is 9.93 Å². The molecule has 0 unspecified atom stereocenters. The van der Waals surface area contributed by atoms with Crippen LogP contribution in [0.3, 0.4) is 0 Å². The molecule has 0 saturated carbocycles. The molecule has 3 rings (SSSR count). The van der Waals surface area contributed by atoms with Crippen LogP contribution in [0, 0.1) is 0 Å². The summed E-state index contributed by atoms with van der Waals surface area (Å²) in [4.78, 5) is 11.9. The maximum atomic E-state index is 11.9. The first-order valence-electron chi connectivity index (χ1n) is 8.02. The lowest BCUT2D eigenvalue weighted by Crippen LogP contribution is -2.30. The monoisotopic (exact) mass is 364 g/mol. The van der Waals surface area contributed by atoms with Crippen LogP contribution in [0.2, 0.25) is 0 Å². The average molecular weight is 364 g/mol. The zero-order valence-corrected chi connectivity index (χ0v) is 14.3. The van der Waals surface area contributed by atoms with Gasteiger partial charge in [-0.1, -0.05) is 41.7 Å². The van der Waals surface area contributed by atoms with Crippen LogP contribution in [-0.2, 0) is 11.2 Å². The second kappa shape index (κ2) is 8.34. The molecule has 1 aromatic heterocycles. The van der Waals surface area contributed by atoms with Crippen molar-refractivity contribution in [3.05, 3.63) is 40.9 Å². The number of carbonyl (C=O) groups excluding carboxylic acids is 1. The van der Waals surface area contributed by atoms with Gasteiger partial charge in [0.1, 0.15) is 17.2 Å². The highest BCUT2D eigenvalue weighted by Gasteiger charge is 2.36. The second-order valence-corrected chi connectivity index (χ2v) is 6.72. The summed E-state index contributed by atoms with van der Waals surface area (Å²) in [5, 5.41) is 33.1. The van der Waals surface area contributed by atoms with E-state index in [-0.39, 0.29) is 12.6 Å². The smallest absolute Gasteiger partial charge is 0.321 e. The molecule has 1 aliphatic rings. The molecule has 0 spiro atoms. The van der Waals surface area contributed by atoms with Gasteiger partial charge in [0, 0.05) is 13.0 Å². The minimum Gasteiger partial charge on any atom is -0.394 e. The molecule has 4 N–H and O–H groups in total. The molecule has 2 aromatic rings. The first-order chi connectivity index (χ1) is 12.2. The van der Waals surface area contributed by atoms with Gasteiger partial charge in [-0.2, -0.15) is 0 Å². The molecule has 9 heteroatoms. The number of rotatable bonds is 6. The van der Waals surface area contributed by atoms with Gasteiger partial charge in [0.15, 0.2) is 0 Å². The Labute approximate surface area is 148 Å². The van der Waals surface area contributed by atoms with Crippen LogP contribution in [-0.4, -0.2) is 51.8 Å². The number of aromatic nitrogens is 2. The van der Waals surface area contributed by atoms with Crippen molar-refractivity contribution in [3.63, 3.8) is 0 Å². The highest BCUT2D eigenvalue weighted by molar-refractivity contribution is 7.15. The van der Waals surface area contributed by atoms with E-state index in [9.17, 15) is 9.90 Å². The lowest BCUT2D eigenvalue weighted by Gasteiger charge is -2.09. The largest absolute Gasteiger partial charge is 0.394 e. The molecule has 25 heavy (non-hydrogen) atoms. The van der Waals surface area contributed by atoms with E-state index < -0.39 is 18.3 Å². The van der Waals surface area contributed by atoms with Gasteiger partial charge in [-0.05, 0) is 12.0 Å². The van der Waals surface area contributed by atoms with Crippen molar-refractivity contribution in [2.24, 2.45) is 0 Å². The van der Waals surface area contributed by atoms with Crippen molar-refractivity contribution in [1.29, 1.82) is 0 Å². The number of urea groups is 1. The van der Waals surface area contributed by atoms with E-state index in [4.69, 9.17) is 9.84 Å². The number of aliphatic hydroxyl groups excluding tert-OH is 2. The fraction of sp³-hybridized carbons (Fsp3) is 0.438. The second-order valence-electron chi connectivity index (χ2n) is 5.71. The topological polar surface area (TPSA) is 117 Å². The molecule has 8 nitrogen and oxygen atoms in total. The van der Waals surface area contributed by atoms with Crippen molar-refractivity contribution in [1.82, 2.24) is 15.5 Å². The van der Waals surface area contributed by atoms with Crippen LogP contribution in [0.15, 0.2) is 30.3 Å². The number of anilines is 1. The highest BCUT2D eigenvalue weighted by atomic mass is 32.1. The van der Waals surface area contributed by atoms with Gasteiger partial charge >= 0.3 is 6.03 Å². The fourth-order valence-electron chi connectivity index (χ4n) is 2.57. The summed E-state index contributed by atoms with van der Waals surface area (Å²) in [6.07, 6.45) is -0.653. The number of carbonyl (C=O) groups is 1. The number of hydrogen-bond acceptors (Lipinski definition) is 7. The van der Waals surface area contributed by atoms with E-state index in [1.54, 1.807) is 0 Å². The van der Waals surface area contributed by atoms with E-state index in [2.05, 4.69) is 20.8 Å². The molecule has 0 bridgehead atoms. The Hall–Kier alpha value is -2.07. The minimum absolute atomic E-state index is 0.245. The van der Waals surface area contributed by atoms with Gasteiger partial charge in [0.05, 0.1) is 12.7 Å². The average Bonchev–Trinajstić information content (AvgIpc) is 3.22. The van der Waals surface area contributed by atoms with Gasteiger partial charge in [-0.3, -0.25) is 5.32 Å². The maximum absolute atomic E-state index is 11.9. The van der Waals surface area contributed by atoms with E-state index in [0.717, 1.165) is 12.0 Å². The Kier molecular flexibility index (Phi) is 5.92. The fourth-order valence-corrected chi connectivity index (χ4v) is 3.36. The molecule has 3 atom stereocenters. The standard InChI is InChI=1S/C16H20N4O4S/c21-9-13-11(22)8-12(24-13)14-19-20-16(25-14)18-15(23)17-7-6-10-4-2-1-3-5-10/h1-5,11-13,21-22H,6-9H2,(H2,17,18,20,23)/t11-,12-,13+/m0/s1. The van der Waals surface area contributed by atoms with Gasteiger partial charge in [0.25, 0.3) is 0 Å². The quantitative estimate of drug-likeness (QED) is 0.610. The highest BCUT2D eigenvalue weighted by Crippen LogP contribution is 2.35. The van der Waals surface area contributed by atoms with Crippen LogP contribution in [0.5, 0.6) is 0 Å². The minimum atomic E-state index is -0.725. The van der Waals surface area contributed by atoms with Crippen molar-refractivity contribution < 1.29 is 19.7 Å². The molecule has 0 aliphatic carbocycles. The third kappa shape index (κ3) is 4.73. The third-order valence-electron chi connectivity index (χ3n) is 3.88. The lowest BCUT2D eigenvalue weighted by atomic mass is 10.1. The maximum Gasteiger partial charge on any atom is 0.321 e. The van der Waals surface area contributed by atoms with Crippen molar-refractivity contribution in [3.8, 4) is 0 Å². The zero-order chi connectivity index (χ0) is 17.6. The molecule has 2 heterocycles. The van der Waals surface area contributed by atoms with Gasteiger partial charge in [0.2, 0.25) is 5.13 Å². The lowest BCUT2D eigenvalue weighted by molar-refractivity contribution is -0.0227. The summed E-state index contributed by atoms with van der Waals surface area (Å²) in [5.74, 6) is 0. The molecule has 1 fully saturated rings. The Balaban J connectivity index is 1.45. The van der Waals surface area contributed by atoms with Crippen LogP contribution in [0.1, 0.15) is 23.1 Å². The first kappa shape index (κ1) is 17.7. The SMILES string of the molecule is O=C(NCCc1ccccc1)Nc1nnc([C@@H]2C[C@H](O)[C@@H](CO)O2)s1. The molecule has 1 saturated heterocycles. The van der Waals surface area contributed by atoms with Crippen LogP contribution in [0.25, 0.3) is 0 Å². The zero-order valence-electron chi connectivity index (χ0n) is 13.5. The molecule has 2 amide bonds. The number of nitrogens with one attached hydrogen (secondary N) is 2. The number of nitrogens with zero attached hydrogens (tertiary/aromatic N) is 2.